The van der Waals surface area contributed by atoms with Gasteiger partial charge in [-0.05, 0) is 17.7 Å². The maximum Gasteiger partial charge on any atom is 0.238 e. The van der Waals surface area contributed by atoms with Crippen LogP contribution in [0.4, 0.5) is 0 Å². The van der Waals surface area contributed by atoms with Crippen molar-refractivity contribution in [3.63, 3.8) is 0 Å². The van der Waals surface area contributed by atoms with Crippen molar-refractivity contribution in [3.8, 4) is 10.6 Å². The van der Waals surface area contributed by atoms with Crippen molar-refractivity contribution in [2.45, 2.75) is 11.4 Å². The molecule has 0 unspecified atom stereocenters. The van der Waals surface area contributed by atoms with Gasteiger partial charge in [-0.1, -0.05) is 17.3 Å². The number of rotatable bonds is 4. The Bertz CT molecular complexity index is 838. The van der Waals surface area contributed by atoms with Crippen LogP contribution in [0.5, 0.6) is 0 Å². The first-order valence-electron chi connectivity index (χ1n) is 5.93. The van der Waals surface area contributed by atoms with Crippen LogP contribution in [-0.4, -0.2) is 28.4 Å². The molecule has 7 nitrogen and oxygen atoms in total. The van der Waals surface area contributed by atoms with Crippen LogP contribution in [0.25, 0.3) is 10.6 Å². The van der Waals surface area contributed by atoms with E-state index in [1.54, 1.807) is 28.5 Å². The van der Waals surface area contributed by atoms with Gasteiger partial charge in [-0.25, -0.2) is 18.2 Å². The van der Waals surface area contributed by atoms with Crippen LogP contribution in [-0.2, 0) is 16.6 Å². The summed E-state index contributed by atoms with van der Waals surface area (Å²) in [5, 5.41) is 13.2. The van der Waals surface area contributed by atoms with Crippen molar-refractivity contribution in [2.24, 2.45) is 5.14 Å². The molecule has 0 saturated heterocycles. The molecule has 3 aromatic rings. The molecule has 0 atom stereocenters. The van der Waals surface area contributed by atoms with Crippen molar-refractivity contribution in [3.05, 3.63) is 47.7 Å². The number of primary sulfonamides is 1. The van der Waals surface area contributed by atoms with Crippen molar-refractivity contribution >= 4 is 21.4 Å². The highest BCUT2D eigenvalue weighted by atomic mass is 32.2. The van der Waals surface area contributed by atoms with E-state index in [4.69, 9.17) is 5.14 Å². The van der Waals surface area contributed by atoms with E-state index in [2.05, 4.69) is 15.3 Å². The molecular weight excluding hydrogens is 310 g/mol. The molecule has 0 aliphatic carbocycles. The summed E-state index contributed by atoms with van der Waals surface area (Å²) in [7, 11) is -3.66. The van der Waals surface area contributed by atoms with E-state index in [-0.39, 0.29) is 4.90 Å². The molecule has 0 bridgehead atoms. The first-order valence-corrected chi connectivity index (χ1v) is 8.36. The van der Waals surface area contributed by atoms with Gasteiger partial charge in [0.1, 0.15) is 5.69 Å². The lowest BCUT2D eigenvalue weighted by Crippen LogP contribution is -2.12. The van der Waals surface area contributed by atoms with Gasteiger partial charge in [0.15, 0.2) is 0 Å². The van der Waals surface area contributed by atoms with Gasteiger partial charge in [0.25, 0.3) is 0 Å². The minimum atomic E-state index is -3.66. The summed E-state index contributed by atoms with van der Waals surface area (Å²) in [6, 6.07) is 6.36. The van der Waals surface area contributed by atoms with E-state index in [1.807, 2.05) is 6.20 Å². The molecule has 0 aliphatic heterocycles. The van der Waals surface area contributed by atoms with Gasteiger partial charge in [-0.2, -0.15) is 0 Å². The summed E-state index contributed by atoms with van der Waals surface area (Å²) in [5.74, 6) is 0. The molecule has 108 valence electrons. The average Bonchev–Trinajstić information content (AvgIpc) is 3.08. The number of hydrogen-bond donors (Lipinski definition) is 1. The van der Waals surface area contributed by atoms with E-state index in [9.17, 15) is 8.42 Å². The largest absolute Gasteiger partial charge is 0.252 e. The molecule has 2 N–H and O–H groups in total. The molecule has 3 rings (SSSR count). The second-order valence-electron chi connectivity index (χ2n) is 4.36. The highest BCUT2D eigenvalue weighted by Crippen LogP contribution is 2.20. The minimum Gasteiger partial charge on any atom is -0.252 e. The second-order valence-corrected chi connectivity index (χ2v) is 6.80. The summed E-state index contributed by atoms with van der Waals surface area (Å²) < 4.78 is 24.0. The molecule has 0 amide bonds. The first kappa shape index (κ1) is 13.9. The van der Waals surface area contributed by atoms with Gasteiger partial charge in [-0.3, -0.25) is 4.98 Å². The van der Waals surface area contributed by atoms with Crippen molar-refractivity contribution < 1.29 is 8.42 Å². The first-order chi connectivity index (χ1) is 10.0. The van der Waals surface area contributed by atoms with Crippen LogP contribution in [0.2, 0.25) is 0 Å². The van der Waals surface area contributed by atoms with E-state index in [1.165, 1.54) is 23.5 Å². The lowest BCUT2D eigenvalue weighted by atomic mass is 10.2. The quantitative estimate of drug-likeness (QED) is 0.775. The fourth-order valence-electron chi connectivity index (χ4n) is 1.80. The van der Waals surface area contributed by atoms with Gasteiger partial charge in [0.2, 0.25) is 10.0 Å². The van der Waals surface area contributed by atoms with Crippen molar-refractivity contribution in [1.29, 1.82) is 0 Å². The Morgan fingerprint density at radius 1 is 1.24 bits per heavy atom. The molecular formula is C12H11N5O2S2. The molecule has 0 aliphatic rings. The lowest BCUT2D eigenvalue weighted by molar-refractivity contribution is 0.597. The molecule has 2 aromatic heterocycles. The summed E-state index contributed by atoms with van der Waals surface area (Å²) in [5.41, 5.74) is 3.40. The maximum atomic E-state index is 11.2. The van der Waals surface area contributed by atoms with Crippen LogP contribution in [0.1, 0.15) is 5.56 Å². The smallest absolute Gasteiger partial charge is 0.238 e. The summed E-state index contributed by atoms with van der Waals surface area (Å²) in [6.07, 6.45) is 3.56. The van der Waals surface area contributed by atoms with Crippen LogP contribution in [0, 0.1) is 0 Å². The zero-order valence-electron chi connectivity index (χ0n) is 10.7. The SMILES string of the molecule is NS(=O)(=O)c1ccc(Cn2cc(-c3cncs3)nn2)cc1. The Labute approximate surface area is 125 Å². The summed E-state index contributed by atoms with van der Waals surface area (Å²) in [4.78, 5) is 5.04. The van der Waals surface area contributed by atoms with E-state index < -0.39 is 10.0 Å². The molecule has 9 heteroatoms. The Hall–Kier alpha value is -2.10. The fourth-order valence-corrected chi connectivity index (χ4v) is 2.89. The predicted octanol–water partition coefficient (Wildman–Crippen LogP) is 1.10. The Kier molecular flexibility index (Phi) is 3.53. The maximum absolute atomic E-state index is 11.2. The zero-order chi connectivity index (χ0) is 14.9. The monoisotopic (exact) mass is 321 g/mol. The van der Waals surface area contributed by atoms with E-state index >= 15 is 0 Å². The van der Waals surface area contributed by atoms with Crippen molar-refractivity contribution in [1.82, 2.24) is 20.0 Å². The van der Waals surface area contributed by atoms with E-state index in [0.717, 1.165) is 16.1 Å². The fraction of sp³-hybridized carbons (Fsp3) is 0.0833. The predicted molar refractivity (Wildman–Crippen MR) is 78.0 cm³/mol. The van der Waals surface area contributed by atoms with E-state index in [0.29, 0.717) is 6.54 Å². The lowest BCUT2D eigenvalue weighted by Gasteiger charge is -2.02. The van der Waals surface area contributed by atoms with Gasteiger partial charge in [0, 0.05) is 6.20 Å². The molecule has 0 saturated carbocycles. The Morgan fingerprint density at radius 2 is 2.00 bits per heavy atom. The zero-order valence-corrected chi connectivity index (χ0v) is 12.4. The number of benzene rings is 1. The molecule has 1 aromatic carbocycles. The molecule has 0 radical (unpaired) electrons. The number of hydrogen-bond acceptors (Lipinski definition) is 6. The number of aromatic nitrogens is 4. The Morgan fingerprint density at radius 3 is 2.62 bits per heavy atom. The normalized spacial score (nSPS) is 11.7. The highest BCUT2D eigenvalue weighted by Gasteiger charge is 2.08. The number of nitrogens with zero attached hydrogens (tertiary/aromatic N) is 4. The van der Waals surface area contributed by atoms with Gasteiger partial charge < -0.3 is 0 Å². The topological polar surface area (TPSA) is 104 Å². The molecule has 2 heterocycles. The molecule has 0 fully saturated rings. The summed E-state index contributed by atoms with van der Waals surface area (Å²) in [6.45, 7) is 0.497. The van der Waals surface area contributed by atoms with Crippen molar-refractivity contribution in [2.75, 3.05) is 0 Å². The third kappa shape index (κ3) is 3.15. The van der Waals surface area contributed by atoms with Gasteiger partial charge >= 0.3 is 0 Å². The standard InChI is InChI=1S/C12H11N5O2S2/c13-21(18,19)10-3-1-9(2-4-10)6-17-7-11(15-16-17)12-5-14-8-20-12/h1-5,7-8H,6H2,(H2,13,18,19). The second kappa shape index (κ2) is 5.35. The third-order valence-corrected chi connectivity index (χ3v) is 4.54. The van der Waals surface area contributed by atoms with Crippen LogP contribution < -0.4 is 5.14 Å². The van der Waals surface area contributed by atoms with Gasteiger partial charge in [-0.15, -0.1) is 16.4 Å². The molecule has 0 spiro atoms. The van der Waals surface area contributed by atoms with Crippen LogP contribution in [0.3, 0.4) is 0 Å². The highest BCUT2D eigenvalue weighted by molar-refractivity contribution is 7.89. The average molecular weight is 321 g/mol. The number of thiazole rings is 1. The van der Waals surface area contributed by atoms with Crippen LogP contribution >= 0.6 is 11.3 Å². The minimum absolute atomic E-state index is 0.0928. The van der Waals surface area contributed by atoms with Gasteiger partial charge in [0.05, 0.1) is 28.0 Å². The van der Waals surface area contributed by atoms with Crippen LogP contribution in [0.15, 0.2) is 47.1 Å². The molecule has 21 heavy (non-hydrogen) atoms. The number of nitrogens with two attached hydrogens (primary N) is 1. The Balaban J connectivity index is 1.78. The summed E-state index contributed by atoms with van der Waals surface area (Å²) >= 11 is 1.49. The third-order valence-electron chi connectivity index (χ3n) is 2.82. The number of sulfonamides is 1.